The molecule has 0 saturated carbocycles. The Morgan fingerprint density at radius 3 is 2.29 bits per heavy atom. The lowest BCUT2D eigenvalue weighted by atomic mass is 9.88. The molecule has 0 aromatic heterocycles. The van der Waals surface area contributed by atoms with Crippen molar-refractivity contribution < 1.29 is 22.7 Å². The van der Waals surface area contributed by atoms with Crippen LogP contribution in [0.3, 0.4) is 0 Å². The zero-order chi connectivity index (χ0) is 16.4. The van der Waals surface area contributed by atoms with Gasteiger partial charge in [0.25, 0.3) is 0 Å². The van der Waals surface area contributed by atoms with Gasteiger partial charge < -0.3 is 10.5 Å². The molecule has 1 heterocycles. The highest BCUT2D eigenvalue weighted by Gasteiger charge is 2.39. The molecule has 1 aliphatic rings. The first-order valence-corrected chi connectivity index (χ1v) is 7.01. The van der Waals surface area contributed by atoms with Crippen LogP contribution in [0.1, 0.15) is 24.0 Å². The van der Waals surface area contributed by atoms with Crippen LogP contribution in [-0.2, 0) is 22.3 Å². The van der Waals surface area contributed by atoms with Gasteiger partial charge in [-0.05, 0) is 24.5 Å². The van der Waals surface area contributed by atoms with Crippen molar-refractivity contribution >= 4 is 30.8 Å². The van der Waals surface area contributed by atoms with Crippen LogP contribution in [0.25, 0.3) is 0 Å². The molecule has 1 aliphatic heterocycles. The fourth-order valence-corrected chi connectivity index (χ4v) is 2.69. The van der Waals surface area contributed by atoms with Crippen LogP contribution in [0.15, 0.2) is 24.3 Å². The van der Waals surface area contributed by atoms with Crippen molar-refractivity contribution in [3.05, 3.63) is 35.4 Å². The van der Waals surface area contributed by atoms with E-state index in [1.165, 1.54) is 19.2 Å². The highest BCUT2D eigenvalue weighted by Crippen LogP contribution is 2.33. The maximum atomic E-state index is 13.0. The van der Waals surface area contributed by atoms with E-state index in [0.717, 1.165) is 6.07 Å². The van der Waals surface area contributed by atoms with Gasteiger partial charge in [-0.2, -0.15) is 13.2 Å². The summed E-state index contributed by atoms with van der Waals surface area (Å²) in [4.78, 5) is 13.5. The monoisotopic (exact) mass is 388 g/mol. The molecule has 9 heteroatoms. The highest BCUT2D eigenvalue weighted by atomic mass is 35.5. The van der Waals surface area contributed by atoms with Gasteiger partial charge in [0.1, 0.15) is 5.54 Å². The van der Waals surface area contributed by atoms with Gasteiger partial charge in [-0.15, -0.1) is 24.8 Å². The zero-order valence-electron chi connectivity index (χ0n) is 13.1. The largest absolute Gasteiger partial charge is 0.468 e. The Morgan fingerprint density at radius 2 is 1.79 bits per heavy atom. The molecule has 0 spiro atoms. The summed E-state index contributed by atoms with van der Waals surface area (Å²) >= 11 is 0. The Bertz CT molecular complexity index is 548. The molecule has 0 unspecified atom stereocenters. The highest BCUT2D eigenvalue weighted by molar-refractivity contribution is 5.85. The molecule has 0 amide bonds. The van der Waals surface area contributed by atoms with Crippen LogP contribution in [0.2, 0.25) is 0 Å². The molecule has 1 saturated heterocycles. The average Bonchev–Trinajstić information content (AvgIpc) is 2.48. The Balaban J connectivity index is 0.00000264. The van der Waals surface area contributed by atoms with Crippen LogP contribution in [0, 0.1) is 0 Å². The van der Waals surface area contributed by atoms with Gasteiger partial charge in [0, 0.05) is 19.6 Å². The first-order chi connectivity index (χ1) is 10.3. The number of alkyl halides is 3. The van der Waals surface area contributed by atoms with Crippen molar-refractivity contribution in [1.29, 1.82) is 0 Å². The second-order valence-electron chi connectivity index (χ2n) is 5.58. The second kappa shape index (κ2) is 8.89. The number of nitrogens with two attached hydrogens (primary N) is 1. The predicted octanol–water partition coefficient (Wildman–Crippen LogP) is 3.02. The summed E-state index contributed by atoms with van der Waals surface area (Å²) in [6, 6.07) is 5.54. The number of esters is 1. The Labute approximate surface area is 151 Å². The van der Waals surface area contributed by atoms with Crippen LogP contribution in [-0.4, -0.2) is 36.6 Å². The van der Waals surface area contributed by atoms with E-state index < -0.39 is 23.2 Å². The van der Waals surface area contributed by atoms with Gasteiger partial charge in [0.15, 0.2) is 0 Å². The van der Waals surface area contributed by atoms with Crippen LogP contribution in [0.4, 0.5) is 13.2 Å². The third kappa shape index (κ3) is 5.24. The Kier molecular flexibility index (Phi) is 8.52. The number of halogens is 5. The first kappa shape index (κ1) is 23.0. The zero-order valence-corrected chi connectivity index (χ0v) is 14.8. The van der Waals surface area contributed by atoms with E-state index in [1.54, 1.807) is 6.07 Å². The third-order valence-corrected chi connectivity index (χ3v) is 4.06. The van der Waals surface area contributed by atoms with E-state index >= 15 is 0 Å². The fourth-order valence-electron chi connectivity index (χ4n) is 2.69. The molecule has 0 aliphatic carbocycles. The van der Waals surface area contributed by atoms with E-state index in [0.29, 0.717) is 25.9 Å². The number of carbonyl (C=O) groups is 1. The summed E-state index contributed by atoms with van der Waals surface area (Å²) in [6.45, 7) is 1.10. The summed E-state index contributed by atoms with van der Waals surface area (Å²) in [7, 11) is 1.28. The van der Waals surface area contributed by atoms with E-state index in [-0.39, 0.29) is 36.9 Å². The van der Waals surface area contributed by atoms with E-state index in [4.69, 9.17) is 5.73 Å². The number of hydrogen-bond acceptors (Lipinski definition) is 4. The molecule has 1 aromatic carbocycles. The molecule has 2 rings (SSSR count). The molecule has 4 nitrogen and oxygen atoms in total. The maximum Gasteiger partial charge on any atom is 0.416 e. The summed E-state index contributed by atoms with van der Waals surface area (Å²) in [5, 5.41) is 0. The maximum absolute atomic E-state index is 13.0. The number of carbonyl (C=O) groups excluding carboxylic acids is 1. The van der Waals surface area contributed by atoms with Gasteiger partial charge in [0.2, 0.25) is 0 Å². The third-order valence-electron chi connectivity index (χ3n) is 4.06. The quantitative estimate of drug-likeness (QED) is 0.808. The predicted molar refractivity (Wildman–Crippen MR) is 89.4 cm³/mol. The minimum Gasteiger partial charge on any atom is -0.468 e. The number of methoxy groups -OCH3 is 1. The van der Waals surface area contributed by atoms with Crippen molar-refractivity contribution in [3.63, 3.8) is 0 Å². The fraction of sp³-hybridized carbons (Fsp3) is 0.533. The molecule has 0 atom stereocenters. The normalized spacial score (nSPS) is 17.4. The molecular formula is C15H21Cl2F3N2O2. The average molecular weight is 389 g/mol. The molecule has 2 N–H and O–H groups in total. The first-order valence-electron chi connectivity index (χ1n) is 7.01. The molecular weight excluding hydrogens is 368 g/mol. The van der Waals surface area contributed by atoms with Crippen molar-refractivity contribution in [2.24, 2.45) is 5.73 Å². The van der Waals surface area contributed by atoms with E-state index in [2.05, 4.69) is 4.74 Å². The van der Waals surface area contributed by atoms with Gasteiger partial charge in [-0.3, -0.25) is 9.69 Å². The number of nitrogens with zero attached hydrogens (tertiary/aromatic N) is 1. The molecule has 0 radical (unpaired) electrons. The van der Waals surface area contributed by atoms with Crippen molar-refractivity contribution in [1.82, 2.24) is 4.90 Å². The topological polar surface area (TPSA) is 55.6 Å². The Morgan fingerprint density at radius 1 is 1.25 bits per heavy atom. The molecule has 1 fully saturated rings. The summed E-state index contributed by atoms with van der Waals surface area (Å²) in [6.07, 6.45) is -3.63. The van der Waals surface area contributed by atoms with Gasteiger partial charge in [-0.1, -0.05) is 18.2 Å². The lowest BCUT2D eigenvalue weighted by Gasteiger charge is -2.37. The SMILES string of the molecule is COC(=O)C1(N)CCN(Cc2ccccc2C(F)(F)F)CC1.Cl.Cl. The summed E-state index contributed by atoms with van der Waals surface area (Å²) in [5.74, 6) is -0.470. The number of rotatable bonds is 3. The minimum absolute atomic E-state index is 0. The molecule has 24 heavy (non-hydrogen) atoms. The van der Waals surface area contributed by atoms with Crippen molar-refractivity contribution in [2.75, 3.05) is 20.2 Å². The second-order valence-corrected chi connectivity index (χ2v) is 5.58. The number of likely N-dealkylation sites (tertiary alicyclic amines) is 1. The van der Waals surface area contributed by atoms with Crippen LogP contribution >= 0.6 is 24.8 Å². The molecule has 0 bridgehead atoms. The smallest absolute Gasteiger partial charge is 0.416 e. The minimum atomic E-state index is -4.37. The standard InChI is InChI=1S/C15H19F3N2O2.2ClH/c1-22-13(21)14(19)6-8-20(9-7-14)10-11-4-2-3-5-12(11)15(16,17)18;;/h2-5H,6-10,19H2,1H3;2*1H. The van der Waals surface area contributed by atoms with Gasteiger partial charge >= 0.3 is 12.1 Å². The van der Waals surface area contributed by atoms with E-state index in [1.807, 2.05) is 4.90 Å². The number of benzene rings is 1. The summed E-state index contributed by atoms with van der Waals surface area (Å²) < 4.78 is 43.6. The van der Waals surface area contributed by atoms with Gasteiger partial charge in [-0.25, -0.2) is 0 Å². The number of piperidine rings is 1. The Hall–Kier alpha value is -1.02. The lowest BCUT2D eigenvalue weighted by Crippen LogP contribution is -2.55. The van der Waals surface area contributed by atoms with E-state index in [9.17, 15) is 18.0 Å². The lowest BCUT2D eigenvalue weighted by molar-refractivity contribution is -0.149. The van der Waals surface area contributed by atoms with Crippen LogP contribution < -0.4 is 5.73 Å². The van der Waals surface area contributed by atoms with Crippen molar-refractivity contribution in [3.8, 4) is 0 Å². The van der Waals surface area contributed by atoms with Crippen LogP contribution in [0.5, 0.6) is 0 Å². The summed E-state index contributed by atoms with van der Waals surface area (Å²) in [5.41, 5.74) is 4.57. The number of ether oxygens (including phenoxy) is 1. The number of hydrogen-bond donors (Lipinski definition) is 1. The molecule has 1 aromatic rings. The van der Waals surface area contributed by atoms with Crippen molar-refractivity contribution in [2.45, 2.75) is 31.1 Å². The molecule has 138 valence electrons. The van der Waals surface area contributed by atoms with Gasteiger partial charge in [0.05, 0.1) is 12.7 Å².